The van der Waals surface area contributed by atoms with Gasteiger partial charge in [-0.25, -0.2) is 4.98 Å². The minimum absolute atomic E-state index is 0.0319. The molecule has 5 heteroatoms. The molecule has 0 radical (unpaired) electrons. The van der Waals surface area contributed by atoms with Crippen LogP contribution in [0.3, 0.4) is 0 Å². The average Bonchev–Trinajstić information content (AvgIpc) is 2.64. The third-order valence-corrected chi connectivity index (χ3v) is 4.47. The molecule has 0 unspecified atom stereocenters. The number of amides is 1. The Morgan fingerprint density at radius 3 is 2.60 bits per heavy atom. The van der Waals surface area contributed by atoms with Gasteiger partial charge in [-0.2, -0.15) is 0 Å². The van der Waals surface area contributed by atoms with Gasteiger partial charge in [-0.1, -0.05) is 32.0 Å². The van der Waals surface area contributed by atoms with Crippen molar-refractivity contribution in [3.63, 3.8) is 0 Å². The van der Waals surface area contributed by atoms with Crippen molar-refractivity contribution >= 4 is 23.1 Å². The number of ether oxygens (including phenoxy) is 1. The molecule has 0 saturated carbocycles. The molecule has 0 atom stereocenters. The average molecular weight is 339 g/mol. The van der Waals surface area contributed by atoms with Gasteiger partial charge in [0.1, 0.15) is 5.82 Å². The Bertz CT molecular complexity index is 707. The van der Waals surface area contributed by atoms with Crippen LogP contribution < -0.4 is 10.6 Å². The highest BCUT2D eigenvalue weighted by Gasteiger charge is 2.21. The number of benzene rings is 1. The number of aromatic nitrogens is 1. The van der Waals surface area contributed by atoms with Crippen LogP contribution in [0.25, 0.3) is 0 Å². The largest absolute Gasteiger partial charge is 0.381 e. The minimum atomic E-state index is 0.0319. The molecule has 1 amide bonds. The number of rotatable bonds is 5. The molecule has 5 nitrogen and oxygen atoms in total. The van der Waals surface area contributed by atoms with E-state index in [2.05, 4.69) is 41.6 Å². The van der Waals surface area contributed by atoms with E-state index in [1.165, 1.54) is 5.56 Å². The van der Waals surface area contributed by atoms with Crippen molar-refractivity contribution in [1.29, 1.82) is 0 Å². The summed E-state index contributed by atoms with van der Waals surface area (Å²) in [5.41, 5.74) is 3.03. The molecule has 1 saturated heterocycles. The Morgan fingerprint density at radius 1 is 1.16 bits per heavy atom. The highest BCUT2D eigenvalue weighted by Crippen LogP contribution is 2.26. The Kier molecular flexibility index (Phi) is 5.66. The van der Waals surface area contributed by atoms with Gasteiger partial charge in [0, 0.05) is 24.8 Å². The Hall–Kier alpha value is -2.40. The van der Waals surface area contributed by atoms with Crippen molar-refractivity contribution in [2.75, 3.05) is 23.8 Å². The molecule has 0 spiro atoms. The maximum atomic E-state index is 12.3. The van der Waals surface area contributed by atoms with Crippen LogP contribution in [0.4, 0.5) is 17.2 Å². The minimum Gasteiger partial charge on any atom is -0.381 e. The second-order valence-corrected chi connectivity index (χ2v) is 6.67. The Morgan fingerprint density at radius 2 is 1.92 bits per heavy atom. The molecule has 3 rings (SSSR count). The molecule has 132 valence electrons. The maximum absolute atomic E-state index is 12.3. The molecule has 0 aliphatic carbocycles. The van der Waals surface area contributed by atoms with Crippen LogP contribution in [-0.2, 0) is 9.53 Å². The number of nitrogens with one attached hydrogen (secondary N) is 2. The number of nitrogens with zero attached hydrogens (tertiary/aromatic N) is 1. The van der Waals surface area contributed by atoms with E-state index in [1.54, 1.807) is 6.20 Å². The molecular weight excluding hydrogens is 314 g/mol. The summed E-state index contributed by atoms with van der Waals surface area (Å²) in [4.78, 5) is 16.7. The third-order valence-electron chi connectivity index (χ3n) is 4.47. The number of anilines is 3. The van der Waals surface area contributed by atoms with E-state index in [9.17, 15) is 4.79 Å². The van der Waals surface area contributed by atoms with Crippen LogP contribution in [0.15, 0.2) is 42.6 Å². The van der Waals surface area contributed by atoms with Crippen LogP contribution in [0.1, 0.15) is 38.2 Å². The number of carbonyl (C=O) groups is 1. The van der Waals surface area contributed by atoms with E-state index in [1.807, 2.05) is 24.3 Å². The zero-order chi connectivity index (χ0) is 17.6. The highest BCUT2D eigenvalue weighted by molar-refractivity contribution is 5.92. The summed E-state index contributed by atoms with van der Waals surface area (Å²) in [5, 5.41) is 6.30. The van der Waals surface area contributed by atoms with Crippen molar-refractivity contribution in [1.82, 2.24) is 4.98 Å². The summed E-state index contributed by atoms with van der Waals surface area (Å²) in [6.45, 7) is 5.66. The topological polar surface area (TPSA) is 63.2 Å². The van der Waals surface area contributed by atoms with Crippen LogP contribution in [0.2, 0.25) is 0 Å². The lowest BCUT2D eigenvalue weighted by Crippen LogP contribution is -2.28. The standard InChI is InChI=1S/C20H25N3O2/c1-14(2)17-5-3-4-6-18(17)23-19-8-7-16(13-21-19)22-20(24)15-9-11-25-12-10-15/h3-8,13-15H,9-12H2,1-2H3,(H,21,23)(H,22,24). The summed E-state index contributed by atoms with van der Waals surface area (Å²) >= 11 is 0. The molecule has 2 aromatic rings. The first-order chi connectivity index (χ1) is 12.1. The third kappa shape index (κ3) is 4.57. The van der Waals surface area contributed by atoms with Crippen molar-refractivity contribution in [3.8, 4) is 0 Å². The van der Waals surface area contributed by atoms with E-state index in [0.29, 0.717) is 19.1 Å². The van der Waals surface area contributed by atoms with Gasteiger partial charge in [-0.3, -0.25) is 4.79 Å². The number of hydrogen-bond acceptors (Lipinski definition) is 4. The molecule has 0 bridgehead atoms. The highest BCUT2D eigenvalue weighted by atomic mass is 16.5. The van der Waals surface area contributed by atoms with E-state index in [-0.39, 0.29) is 11.8 Å². The molecule has 1 aromatic carbocycles. The molecule has 1 aliphatic heterocycles. The first kappa shape index (κ1) is 17.4. The molecule has 1 fully saturated rings. The van der Waals surface area contributed by atoms with Crippen LogP contribution in [0, 0.1) is 5.92 Å². The van der Waals surface area contributed by atoms with E-state index in [4.69, 9.17) is 4.74 Å². The second kappa shape index (κ2) is 8.12. The van der Waals surface area contributed by atoms with Gasteiger partial charge in [0.25, 0.3) is 0 Å². The monoisotopic (exact) mass is 339 g/mol. The van der Waals surface area contributed by atoms with Gasteiger partial charge in [-0.05, 0) is 42.5 Å². The number of pyridine rings is 1. The van der Waals surface area contributed by atoms with Crippen molar-refractivity contribution in [3.05, 3.63) is 48.2 Å². The second-order valence-electron chi connectivity index (χ2n) is 6.67. The molecular formula is C20H25N3O2. The zero-order valence-corrected chi connectivity index (χ0v) is 14.8. The quantitative estimate of drug-likeness (QED) is 0.852. The van der Waals surface area contributed by atoms with Gasteiger partial charge < -0.3 is 15.4 Å². The van der Waals surface area contributed by atoms with Crippen LogP contribution in [0.5, 0.6) is 0 Å². The van der Waals surface area contributed by atoms with Gasteiger partial charge in [0.05, 0.1) is 11.9 Å². The summed E-state index contributed by atoms with van der Waals surface area (Å²) in [6, 6.07) is 12.0. The molecule has 1 aromatic heterocycles. The van der Waals surface area contributed by atoms with Crippen molar-refractivity contribution in [2.24, 2.45) is 5.92 Å². The van der Waals surface area contributed by atoms with Crippen molar-refractivity contribution < 1.29 is 9.53 Å². The van der Waals surface area contributed by atoms with Gasteiger partial charge in [-0.15, -0.1) is 0 Å². The summed E-state index contributed by atoms with van der Waals surface area (Å²) in [6.07, 6.45) is 3.26. The molecule has 25 heavy (non-hydrogen) atoms. The fourth-order valence-electron chi connectivity index (χ4n) is 3.00. The fourth-order valence-corrected chi connectivity index (χ4v) is 3.00. The Balaban J connectivity index is 1.63. The van der Waals surface area contributed by atoms with E-state index in [0.717, 1.165) is 30.0 Å². The molecule has 1 aliphatic rings. The first-order valence-corrected chi connectivity index (χ1v) is 8.84. The SMILES string of the molecule is CC(C)c1ccccc1Nc1ccc(NC(=O)C2CCOCC2)cn1. The van der Waals surface area contributed by atoms with Gasteiger partial charge in [0.15, 0.2) is 0 Å². The number of para-hydroxylation sites is 1. The smallest absolute Gasteiger partial charge is 0.227 e. The predicted octanol–water partition coefficient (Wildman–Crippen LogP) is 4.31. The number of hydrogen-bond donors (Lipinski definition) is 2. The molecule has 2 heterocycles. The first-order valence-electron chi connectivity index (χ1n) is 8.84. The van der Waals surface area contributed by atoms with E-state index >= 15 is 0 Å². The zero-order valence-electron chi connectivity index (χ0n) is 14.8. The van der Waals surface area contributed by atoms with E-state index < -0.39 is 0 Å². The van der Waals surface area contributed by atoms with Crippen molar-refractivity contribution in [2.45, 2.75) is 32.6 Å². The maximum Gasteiger partial charge on any atom is 0.227 e. The molecule has 2 N–H and O–H groups in total. The lowest BCUT2D eigenvalue weighted by Gasteiger charge is -2.21. The lowest BCUT2D eigenvalue weighted by atomic mass is 9.99. The predicted molar refractivity (Wildman–Crippen MR) is 100 cm³/mol. The normalized spacial score (nSPS) is 15.2. The number of carbonyl (C=O) groups excluding carboxylic acids is 1. The van der Waals surface area contributed by atoms with Crippen LogP contribution in [-0.4, -0.2) is 24.1 Å². The fraction of sp³-hybridized carbons (Fsp3) is 0.400. The summed E-state index contributed by atoms with van der Waals surface area (Å²) < 4.78 is 5.30. The lowest BCUT2D eigenvalue weighted by molar-refractivity contribution is -0.122. The summed E-state index contributed by atoms with van der Waals surface area (Å²) in [5.74, 6) is 1.28. The Labute approximate surface area is 148 Å². The van der Waals surface area contributed by atoms with Gasteiger partial charge >= 0.3 is 0 Å². The van der Waals surface area contributed by atoms with Crippen LogP contribution >= 0.6 is 0 Å². The van der Waals surface area contributed by atoms with Gasteiger partial charge in [0.2, 0.25) is 5.91 Å². The summed E-state index contributed by atoms with van der Waals surface area (Å²) in [7, 11) is 0.